The van der Waals surface area contributed by atoms with E-state index in [9.17, 15) is 0 Å². The van der Waals surface area contributed by atoms with Crippen LogP contribution in [0.4, 0.5) is 5.69 Å². The quantitative estimate of drug-likeness (QED) is 0.670. The van der Waals surface area contributed by atoms with Crippen LogP contribution in [0.3, 0.4) is 0 Å². The van der Waals surface area contributed by atoms with E-state index >= 15 is 0 Å². The van der Waals surface area contributed by atoms with Crippen LogP contribution in [0.1, 0.15) is 31.2 Å². The van der Waals surface area contributed by atoms with Gasteiger partial charge in [0.2, 0.25) is 0 Å². The van der Waals surface area contributed by atoms with E-state index in [0.717, 1.165) is 35.8 Å². The summed E-state index contributed by atoms with van der Waals surface area (Å²) in [5, 5.41) is 1.40. The minimum atomic E-state index is 0. The summed E-state index contributed by atoms with van der Waals surface area (Å²) in [5.74, 6) is 1.20. The van der Waals surface area contributed by atoms with E-state index in [2.05, 4.69) is 4.90 Å². The van der Waals surface area contributed by atoms with Crippen LogP contribution in [0, 0.1) is 0 Å². The molecule has 1 aromatic carbocycles. The highest BCUT2D eigenvalue weighted by Gasteiger charge is 2.23. The van der Waals surface area contributed by atoms with Gasteiger partial charge in [-0.05, 0) is 25.0 Å². The van der Waals surface area contributed by atoms with E-state index in [1.165, 1.54) is 25.1 Å². The van der Waals surface area contributed by atoms with Crippen LogP contribution in [0.5, 0.6) is 0 Å². The number of hydrogen-bond acceptors (Lipinski definition) is 2. The fourth-order valence-corrected chi connectivity index (χ4v) is 3.07. The lowest BCUT2D eigenvalue weighted by Gasteiger charge is -2.29. The molecule has 0 N–H and O–H groups in total. The zero-order valence-electron chi connectivity index (χ0n) is 9.96. The highest BCUT2D eigenvalue weighted by Crippen LogP contribution is 2.36. The SMILES string of the molecule is Cl.Clc1cc(Cl)c2c(c1)N=C1CCCCCN1C2. The number of nitrogens with zero attached hydrogens (tertiary/aromatic N) is 2. The van der Waals surface area contributed by atoms with Crippen LogP contribution >= 0.6 is 35.6 Å². The normalized spacial score (nSPS) is 18.1. The minimum Gasteiger partial charge on any atom is -0.356 e. The first-order chi connectivity index (χ1) is 8.24. The van der Waals surface area contributed by atoms with Gasteiger partial charge in [0.1, 0.15) is 5.84 Å². The molecule has 2 heterocycles. The van der Waals surface area contributed by atoms with Crippen molar-refractivity contribution in [1.82, 2.24) is 4.90 Å². The maximum absolute atomic E-state index is 6.24. The molecule has 1 fully saturated rings. The summed E-state index contributed by atoms with van der Waals surface area (Å²) < 4.78 is 0. The Hall–Kier alpha value is -0.440. The summed E-state index contributed by atoms with van der Waals surface area (Å²) in [4.78, 5) is 7.08. The largest absolute Gasteiger partial charge is 0.356 e. The molecule has 0 radical (unpaired) electrons. The molecule has 0 aliphatic carbocycles. The van der Waals surface area contributed by atoms with Gasteiger partial charge in [-0.2, -0.15) is 0 Å². The molecular formula is C13H15Cl3N2. The summed E-state index contributed by atoms with van der Waals surface area (Å²) >= 11 is 12.3. The molecule has 0 amide bonds. The highest BCUT2D eigenvalue weighted by molar-refractivity contribution is 6.35. The predicted octanol–water partition coefficient (Wildman–Crippen LogP) is 4.83. The van der Waals surface area contributed by atoms with Gasteiger partial charge in [-0.25, -0.2) is 4.99 Å². The Labute approximate surface area is 123 Å². The smallest absolute Gasteiger partial charge is 0.105 e. The standard InChI is InChI=1S/C13H14Cl2N2.ClH/c14-9-6-11(15)10-8-17-5-3-1-2-4-13(17)16-12(10)7-9;/h6-7H,1-5,8H2;1H. The van der Waals surface area contributed by atoms with Gasteiger partial charge < -0.3 is 4.90 Å². The third-order valence-corrected chi connectivity index (χ3v) is 3.98. The monoisotopic (exact) mass is 304 g/mol. The number of hydrogen-bond donors (Lipinski definition) is 0. The Morgan fingerprint density at radius 2 is 1.94 bits per heavy atom. The summed E-state index contributed by atoms with van der Waals surface area (Å²) in [6.45, 7) is 1.97. The third-order valence-electron chi connectivity index (χ3n) is 3.43. The van der Waals surface area contributed by atoms with E-state index < -0.39 is 0 Å². The maximum atomic E-state index is 6.24. The van der Waals surface area contributed by atoms with Gasteiger partial charge in [0.25, 0.3) is 0 Å². The number of benzene rings is 1. The first-order valence-electron chi connectivity index (χ1n) is 6.04. The second-order valence-corrected chi connectivity index (χ2v) is 5.49. The average molecular weight is 306 g/mol. The van der Waals surface area contributed by atoms with Crippen LogP contribution in [0.25, 0.3) is 0 Å². The Kier molecular flexibility index (Phi) is 4.41. The van der Waals surface area contributed by atoms with Crippen molar-refractivity contribution in [2.45, 2.75) is 32.2 Å². The van der Waals surface area contributed by atoms with Crippen molar-refractivity contribution in [3.05, 3.63) is 27.7 Å². The molecule has 98 valence electrons. The van der Waals surface area contributed by atoms with Gasteiger partial charge in [0.05, 0.1) is 5.69 Å². The summed E-state index contributed by atoms with van der Waals surface area (Å²) in [5.41, 5.74) is 2.07. The first-order valence-corrected chi connectivity index (χ1v) is 6.80. The molecule has 2 aliphatic rings. The number of amidine groups is 1. The number of aliphatic imine (C=N–C) groups is 1. The second-order valence-electron chi connectivity index (χ2n) is 4.65. The molecule has 18 heavy (non-hydrogen) atoms. The van der Waals surface area contributed by atoms with E-state index in [1.54, 1.807) is 6.07 Å². The van der Waals surface area contributed by atoms with Gasteiger partial charge in [-0.1, -0.05) is 29.6 Å². The Bertz CT molecular complexity index is 485. The Balaban J connectivity index is 0.00000120. The van der Waals surface area contributed by atoms with Crippen molar-refractivity contribution < 1.29 is 0 Å². The van der Waals surface area contributed by atoms with Crippen molar-refractivity contribution in [3.63, 3.8) is 0 Å². The van der Waals surface area contributed by atoms with Crippen molar-refractivity contribution in [2.24, 2.45) is 4.99 Å². The molecule has 0 aromatic heterocycles. The van der Waals surface area contributed by atoms with E-state index in [1.807, 2.05) is 6.07 Å². The van der Waals surface area contributed by atoms with Crippen LogP contribution in [-0.4, -0.2) is 17.3 Å². The summed E-state index contributed by atoms with van der Waals surface area (Å²) in [6.07, 6.45) is 4.85. The van der Waals surface area contributed by atoms with Gasteiger partial charge >= 0.3 is 0 Å². The van der Waals surface area contributed by atoms with Crippen molar-refractivity contribution >= 4 is 47.1 Å². The lowest BCUT2D eigenvalue weighted by molar-refractivity contribution is 0.403. The van der Waals surface area contributed by atoms with Gasteiger partial charge in [0, 0.05) is 35.1 Å². The molecule has 0 saturated carbocycles. The molecule has 0 unspecified atom stereocenters. The molecule has 3 rings (SSSR count). The maximum Gasteiger partial charge on any atom is 0.105 e. The van der Waals surface area contributed by atoms with E-state index in [-0.39, 0.29) is 12.4 Å². The molecule has 2 nitrogen and oxygen atoms in total. The van der Waals surface area contributed by atoms with Crippen LogP contribution in [0.15, 0.2) is 17.1 Å². The number of rotatable bonds is 0. The highest BCUT2D eigenvalue weighted by atomic mass is 35.5. The summed E-state index contributed by atoms with van der Waals surface area (Å²) in [6, 6.07) is 3.72. The molecule has 1 saturated heterocycles. The zero-order valence-corrected chi connectivity index (χ0v) is 12.3. The fourth-order valence-electron chi connectivity index (χ4n) is 2.52. The lowest BCUT2D eigenvalue weighted by Crippen LogP contribution is -2.32. The molecule has 1 aromatic rings. The van der Waals surface area contributed by atoms with Crippen LogP contribution < -0.4 is 0 Å². The van der Waals surface area contributed by atoms with Gasteiger partial charge in [0.15, 0.2) is 0 Å². The third kappa shape index (κ3) is 2.61. The molecule has 2 aliphatic heterocycles. The van der Waals surface area contributed by atoms with Crippen molar-refractivity contribution in [3.8, 4) is 0 Å². The minimum absolute atomic E-state index is 0. The first kappa shape index (κ1) is 14.0. The molecular weight excluding hydrogens is 291 g/mol. The Morgan fingerprint density at radius 3 is 2.78 bits per heavy atom. The average Bonchev–Trinajstić information content (AvgIpc) is 2.51. The number of halogens is 3. The fraction of sp³-hybridized carbons (Fsp3) is 0.462. The van der Waals surface area contributed by atoms with Gasteiger partial charge in [-0.3, -0.25) is 0 Å². The topological polar surface area (TPSA) is 15.6 Å². The van der Waals surface area contributed by atoms with Crippen molar-refractivity contribution in [1.29, 1.82) is 0 Å². The zero-order chi connectivity index (χ0) is 11.8. The van der Waals surface area contributed by atoms with Gasteiger partial charge in [-0.15, -0.1) is 12.4 Å². The van der Waals surface area contributed by atoms with Crippen LogP contribution in [-0.2, 0) is 6.54 Å². The predicted molar refractivity (Wildman–Crippen MR) is 79.7 cm³/mol. The second kappa shape index (κ2) is 5.68. The molecule has 5 heteroatoms. The Morgan fingerprint density at radius 1 is 1.11 bits per heavy atom. The molecule has 0 bridgehead atoms. The number of fused-ring (bicyclic) bond motifs is 2. The van der Waals surface area contributed by atoms with E-state index in [4.69, 9.17) is 28.2 Å². The van der Waals surface area contributed by atoms with E-state index in [0.29, 0.717) is 5.02 Å². The van der Waals surface area contributed by atoms with Crippen LogP contribution in [0.2, 0.25) is 10.0 Å². The molecule has 0 atom stereocenters. The van der Waals surface area contributed by atoms with Crippen molar-refractivity contribution in [2.75, 3.05) is 6.54 Å². The lowest BCUT2D eigenvalue weighted by atomic mass is 10.1. The summed E-state index contributed by atoms with van der Waals surface area (Å²) in [7, 11) is 0. The molecule has 0 spiro atoms.